The van der Waals surface area contributed by atoms with E-state index >= 15 is 0 Å². The second kappa shape index (κ2) is 7.63. The Morgan fingerprint density at radius 3 is 2.35 bits per heavy atom. The van der Waals surface area contributed by atoms with Gasteiger partial charge in [0.25, 0.3) is 0 Å². The Morgan fingerprint density at radius 2 is 1.82 bits per heavy atom. The highest BCUT2D eigenvalue weighted by Crippen LogP contribution is 2.12. The first-order valence-electron chi connectivity index (χ1n) is 5.31. The Hall–Kier alpha value is -0.653. The molecule has 0 saturated carbocycles. The standard InChI is InChI=1S/C12H17ClO3Si/c1-14-17(15-2,16-10-9-13)11-8-12-6-4-3-5-7-12/h3-8,11H,9-10H2,1-2H3. The van der Waals surface area contributed by atoms with Gasteiger partial charge < -0.3 is 13.3 Å². The van der Waals surface area contributed by atoms with Crippen LogP contribution in [0, 0.1) is 0 Å². The smallest absolute Gasteiger partial charge is 0.374 e. The van der Waals surface area contributed by atoms with Gasteiger partial charge >= 0.3 is 8.80 Å². The van der Waals surface area contributed by atoms with Crippen molar-refractivity contribution in [3.05, 3.63) is 41.6 Å². The summed E-state index contributed by atoms with van der Waals surface area (Å²) in [5.74, 6) is 0.417. The summed E-state index contributed by atoms with van der Waals surface area (Å²) in [6.07, 6.45) is 1.94. The minimum atomic E-state index is -2.71. The molecule has 0 aliphatic rings. The Labute approximate surface area is 108 Å². The summed E-state index contributed by atoms with van der Waals surface area (Å²) in [5.41, 5.74) is 2.93. The molecule has 1 aromatic carbocycles. The van der Waals surface area contributed by atoms with Crippen LogP contribution >= 0.6 is 11.6 Å². The Kier molecular flexibility index (Phi) is 6.47. The third-order valence-electron chi connectivity index (χ3n) is 2.23. The molecule has 0 radical (unpaired) electrons. The predicted octanol–water partition coefficient (Wildman–Crippen LogP) is 2.73. The summed E-state index contributed by atoms with van der Waals surface area (Å²) in [6.45, 7) is 0.411. The first kappa shape index (κ1) is 14.4. The van der Waals surface area contributed by atoms with E-state index in [9.17, 15) is 0 Å². The maximum absolute atomic E-state index is 5.60. The van der Waals surface area contributed by atoms with Crippen molar-refractivity contribution < 1.29 is 13.3 Å². The van der Waals surface area contributed by atoms with Crippen molar-refractivity contribution in [3.63, 3.8) is 0 Å². The number of rotatable bonds is 7. The van der Waals surface area contributed by atoms with Crippen molar-refractivity contribution in [1.82, 2.24) is 0 Å². The van der Waals surface area contributed by atoms with Crippen molar-refractivity contribution in [3.8, 4) is 0 Å². The Morgan fingerprint density at radius 1 is 1.18 bits per heavy atom. The highest BCUT2D eigenvalue weighted by atomic mass is 35.5. The van der Waals surface area contributed by atoms with Crippen LogP contribution < -0.4 is 0 Å². The lowest BCUT2D eigenvalue weighted by Crippen LogP contribution is -2.42. The topological polar surface area (TPSA) is 27.7 Å². The zero-order chi connectivity index (χ0) is 12.6. The van der Waals surface area contributed by atoms with Crippen molar-refractivity contribution in [1.29, 1.82) is 0 Å². The van der Waals surface area contributed by atoms with E-state index in [0.717, 1.165) is 5.56 Å². The van der Waals surface area contributed by atoms with Crippen LogP contribution in [-0.4, -0.2) is 35.5 Å². The molecule has 1 aromatic rings. The number of halogens is 1. The second-order valence-corrected chi connectivity index (χ2v) is 6.32. The van der Waals surface area contributed by atoms with Crippen LogP contribution in [0.4, 0.5) is 0 Å². The average Bonchev–Trinajstić information content (AvgIpc) is 2.41. The number of alkyl halides is 1. The quantitative estimate of drug-likeness (QED) is 0.564. The molecule has 5 heteroatoms. The molecular formula is C12H17ClO3Si. The number of benzene rings is 1. The fraction of sp³-hybridized carbons (Fsp3) is 0.333. The van der Waals surface area contributed by atoms with Crippen LogP contribution in [0.5, 0.6) is 0 Å². The predicted molar refractivity (Wildman–Crippen MR) is 71.9 cm³/mol. The van der Waals surface area contributed by atoms with Crippen LogP contribution in [-0.2, 0) is 13.3 Å². The summed E-state index contributed by atoms with van der Waals surface area (Å²) in [4.78, 5) is 0. The van der Waals surface area contributed by atoms with E-state index in [-0.39, 0.29) is 0 Å². The zero-order valence-electron chi connectivity index (χ0n) is 10.1. The molecule has 0 saturated heterocycles. The van der Waals surface area contributed by atoms with Crippen LogP contribution in [0.1, 0.15) is 5.56 Å². The molecule has 17 heavy (non-hydrogen) atoms. The molecule has 0 aromatic heterocycles. The first-order valence-corrected chi connectivity index (χ1v) is 7.64. The molecule has 0 spiro atoms. The van der Waals surface area contributed by atoms with Crippen molar-refractivity contribution in [2.75, 3.05) is 26.7 Å². The number of hydrogen-bond donors (Lipinski definition) is 0. The molecule has 0 unspecified atom stereocenters. The zero-order valence-corrected chi connectivity index (χ0v) is 11.8. The molecule has 0 fully saturated rings. The molecule has 0 bridgehead atoms. The van der Waals surface area contributed by atoms with Gasteiger partial charge in [0, 0.05) is 20.1 Å². The van der Waals surface area contributed by atoms with E-state index < -0.39 is 8.80 Å². The Balaban J connectivity index is 2.75. The lowest BCUT2D eigenvalue weighted by Gasteiger charge is -2.22. The summed E-state index contributed by atoms with van der Waals surface area (Å²) in [6, 6.07) is 9.92. The summed E-state index contributed by atoms with van der Waals surface area (Å²) >= 11 is 5.60. The van der Waals surface area contributed by atoms with Crippen LogP contribution in [0.25, 0.3) is 6.08 Å². The van der Waals surface area contributed by atoms with Crippen LogP contribution in [0.3, 0.4) is 0 Å². The molecule has 3 nitrogen and oxygen atoms in total. The van der Waals surface area contributed by atoms with E-state index in [1.807, 2.05) is 42.1 Å². The van der Waals surface area contributed by atoms with Gasteiger partial charge in [-0.05, 0) is 11.3 Å². The molecule has 0 heterocycles. The van der Waals surface area contributed by atoms with Crippen molar-refractivity contribution in [2.45, 2.75) is 0 Å². The third kappa shape index (κ3) is 4.61. The van der Waals surface area contributed by atoms with Gasteiger partial charge in [0.2, 0.25) is 0 Å². The molecule has 94 valence electrons. The normalized spacial score (nSPS) is 12.2. The van der Waals surface area contributed by atoms with Gasteiger partial charge in [-0.3, -0.25) is 0 Å². The van der Waals surface area contributed by atoms with E-state index in [1.54, 1.807) is 14.2 Å². The molecular weight excluding hydrogens is 256 g/mol. The Bertz CT molecular complexity index is 339. The number of hydrogen-bond acceptors (Lipinski definition) is 3. The lowest BCUT2D eigenvalue weighted by atomic mass is 10.2. The van der Waals surface area contributed by atoms with E-state index in [2.05, 4.69) is 0 Å². The molecule has 0 N–H and O–H groups in total. The summed E-state index contributed by atoms with van der Waals surface area (Å²) in [7, 11) is 0.453. The highest BCUT2D eigenvalue weighted by molar-refractivity contribution is 6.67. The van der Waals surface area contributed by atoms with E-state index in [1.165, 1.54) is 0 Å². The maximum Gasteiger partial charge on any atom is 0.529 e. The lowest BCUT2D eigenvalue weighted by molar-refractivity contribution is 0.119. The van der Waals surface area contributed by atoms with Gasteiger partial charge in [-0.15, -0.1) is 11.6 Å². The molecule has 1 rings (SSSR count). The highest BCUT2D eigenvalue weighted by Gasteiger charge is 2.35. The molecule has 0 atom stereocenters. The molecule has 0 aliphatic heterocycles. The van der Waals surface area contributed by atoms with Crippen molar-refractivity contribution >= 4 is 26.5 Å². The fourth-order valence-electron chi connectivity index (χ4n) is 1.33. The van der Waals surface area contributed by atoms with Crippen molar-refractivity contribution in [2.24, 2.45) is 0 Å². The maximum atomic E-state index is 5.60. The van der Waals surface area contributed by atoms with Gasteiger partial charge in [0.15, 0.2) is 0 Å². The SMILES string of the molecule is CO[Si](C=Cc1ccccc1)(OC)OCCCl. The van der Waals surface area contributed by atoms with Gasteiger partial charge in [0.1, 0.15) is 0 Å². The fourth-order valence-corrected chi connectivity index (χ4v) is 3.09. The largest absolute Gasteiger partial charge is 0.529 e. The first-order chi connectivity index (χ1) is 8.26. The average molecular weight is 273 g/mol. The summed E-state index contributed by atoms with van der Waals surface area (Å²) in [5, 5.41) is 0. The van der Waals surface area contributed by atoms with Crippen LogP contribution in [0.2, 0.25) is 0 Å². The summed E-state index contributed by atoms with van der Waals surface area (Å²) < 4.78 is 16.3. The minimum Gasteiger partial charge on any atom is -0.374 e. The molecule has 0 aliphatic carbocycles. The van der Waals surface area contributed by atoms with Gasteiger partial charge in [0.05, 0.1) is 6.61 Å². The van der Waals surface area contributed by atoms with E-state index in [4.69, 9.17) is 24.9 Å². The van der Waals surface area contributed by atoms with Gasteiger partial charge in [-0.1, -0.05) is 36.4 Å². The minimum absolute atomic E-state index is 0.411. The van der Waals surface area contributed by atoms with E-state index in [0.29, 0.717) is 12.5 Å². The second-order valence-electron chi connectivity index (χ2n) is 3.29. The monoisotopic (exact) mass is 272 g/mol. The van der Waals surface area contributed by atoms with Gasteiger partial charge in [-0.2, -0.15) is 0 Å². The molecule has 0 amide bonds. The van der Waals surface area contributed by atoms with Crippen LogP contribution in [0.15, 0.2) is 36.0 Å². The van der Waals surface area contributed by atoms with Gasteiger partial charge in [-0.25, -0.2) is 0 Å². The third-order valence-corrected chi connectivity index (χ3v) is 4.70.